The summed E-state index contributed by atoms with van der Waals surface area (Å²) in [5.41, 5.74) is 0. The first kappa shape index (κ1) is 16.8. The molecule has 10 heteroatoms. The molecule has 1 aliphatic rings. The zero-order valence-electron chi connectivity index (χ0n) is 12.6. The number of nitrogens with zero attached hydrogens (tertiary/aromatic N) is 5. The quantitative estimate of drug-likeness (QED) is 0.730. The second-order valence-corrected chi connectivity index (χ2v) is 9.09. The first-order chi connectivity index (χ1) is 11.1. The molecule has 0 atom stereocenters. The van der Waals surface area contributed by atoms with E-state index in [0.717, 1.165) is 15.9 Å². The van der Waals surface area contributed by atoms with Crippen molar-refractivity contribution in [2.45, 2.75) is 15.8 Å². The lowest BCUT2D eigenvalue weighted by atomic mass is 10.3. The largest absolute Gasteiger partial charge is 0.294 e. The molecule has 0 saturated carbocycles. The Morgan fingerprint density at radius 3 is 2.65 bits per heavy atom. The Morgan fingerprint density at radius 1 is 1.26 bits per heavy atom. The molecule has 7 nitrogen and oxygen atoms in total. The first-order valence-corrected chi connectivity index (χ1v) is 10.6. The zero-order chi connectivity index (χ0) is 16.3. The molecule has 3 heterocycles. The van der Waals surface area contributed by atoms with Crippen LogP contribution in [0.5, 0.6) is 0 Å². The van der Waals surface area contributed by atoms with Crippen molar-refractivity contribution in [2.75, 3.05) is 32.4 Å². The number of pyridine rings is 1. The van der Waals surface area contributed by atoms with Gasteiger partial charge in [0, 0.05) is 38.6 Å². The van der Waals surface area contributed by atoms with Crippen LogP contribution in [0.15, 0.2) is 33.8 Å². The van der Waals surface area contributed by atoms with E-state index in [-0.39, 0.29) is 4.90 Å². The molecule has 1 saturated heterocycles. The summed E-state index contributed by atoms with van der Waals surface area (Å²) in [5.74, 6) is 0. The molecular formula is C13H17N5O2S3. The summed E-state index contributed by atoms with van der Waals surface area (Å²) in [4.78, 5) is 6.36. The van der Waals surface area contributed by atoms with Crippen molar-refractivity contribution in [3.63, 3.8) is 0 Å². The van der Waals surface area contributed by atoms with Gasteiger partial charge in [-0.2, -0.15) is 4.31 Å². The Hall–Kier alpha value is -1.07. The number of sulfonamides is 1. The minimum Gasteiger partial charge on any atom is -0.294 e. The Labute approximate surface area is 143 Å². The van der Waals surface area contributed by atoms with Gasteiger partial charge in [0.25, 0.3) is 0 Å². The van der Waals surface area contributed by atoms with Crippen molar-refractivity contribution in [1.82, 2.24) is 24.4 Å². The lowest BCUT2D eigenvalue weighted by Gasteiger charge is -2.33. The summed E-state index contributed by atoms with van der Waals surface area (Å²) in [6.07, 6.45) is 4.95. The number of hydrogen-bond donors (Lipinski definition) is 0. The van der Waals surface area contributed by atoms with Gasteiger partial charge in [-0.1, -0.05) is 23.1 Å². The molecule has 1 fully saturated rings. The monoisotopic (exact) mass is 371 g/mol. The fourth-order valence-electron chi connectivity index (χ4n) is 2.35. The average molecular weight is 372 g/mol. The lowest BCUT2D eigenvalue weighted by molar-refractivity contribution is 0.181. The van der Waals surface area contributed by atoms with Gasteiger partial charge in [-0.25, -0.2) is 8.42 Å². The van der Waals surface area contributed by atoms with Crippen molar-refractivity contribution in [3.05, 3.63) is 29.5 Å². The molecule has 1 aliphatic heterocycles. The molecule has 0 spiro atoms. The van der Waals surface area contributed by atoms with Crippen molar-refractivity contribution in [1.29, 1.82) is 0 Å². The fraction of sp³-hybridized carbons (Fsp3) is 0.462. The summed E-state index contributed by atoms with van der Waals surface area (Å²) in [6.45, 7) is 3.05. The van der Waals surface area contributed by atoms with E-state index in [1.54, 1.807) is 41.4 Å². The molecule has 0 radical (unpaired) electrons. The highest BCUT2D eigenvalue weighted by Gasteiger charge is 2.28. The maximum atomic E-state index is 12.5. The first-order valence-electron chi connectivity index (χ1n) is 7.08. The van der Waals surface area contributed by atoms with Crippen LogP contribution in [0.4, 0.5) is 0 Å². The second-order valence-electron chi connectivity index (χ2n) is 5.03. The van der Waals surface area contributed by atoms with Crippen molar-refractivity contribution in [2.24, 2.45) is 0 Å². The van der Waals surface area contributed by atoms with Crippen LogP contribution in [-0.4, -0.2) is 65.2 Å². The average Bonchev–Trinajstić information content (AvgIpc) is 3.04. The molecule has 3 rings (SSSR count). The minimum atomic E-state index is -3.44. The van der Waals surface area contributed by atoms with Gasteiger partial charge in [-0.05, 0) is 18.4 Å². The molecule has 0 aliphatic carbocycles. The van der Waals surface area contributed by atoms with E-state index >= 15 is 0 Å². The highest BCUT2D eigenvalue weighted by Crippen LogP contribution is 2.22. The summed E-state index contributed by atoms with van der Waals surface area (Å²) in [7, 11) is -3.44. The SMILES string of the molecule is CSc1nnc(CN2CCN(S(=O)(=O)c3cccnc3)CC2)s1. The normalized spacial score (nSPS) is 17.4. The van der Waals surface area contributed by atoms with Gasteiger partial charge >= 0.3 is 0 Å². The van der Waals surface area contributed by atoms with Crippen LogP contribution in [0.3, 0.4) is 0 Å². The molecule has 23 heavy (non-hydrogen) atoms. The van der Waals surface area contributed by atoms with E-state index in [1.807, 2.05) is 6.26 Å². The third-order valence-corrected chi connectivity index (χ3v) is 7.35. The summed E-state index contributed by atoms with van der Waals surface area (Å²) < 4.78 is 27.6. The lowest BCUT2D eigenvalue weighted by Crippen LogP contribution is -2.48. The van der Waals surface area contributed by atoms with Crippen LogP contribution in [0.1, 0.15) is 5.01 Å². The van der Waals surface area contributed by atoms with Crippen LogP contribution < -0.4 is 0 Å². The van der Waals surface area contributed by atoms with Gasteiger partial charge in [0.2, 0.25) is 10.0 Å². The highest BCUT2D eigenvalue weighted by atomic mass is 32.2. The van der Waals surface area contributed by atoms with Gasteiger partial charge < -0.3 is 0 Å². The number of piperazine rings is 1. The zero-order valence-corrected chi connectivity index (χ0v) is 15.1. The van der Waals surface area contributed by atoms with Crippen LogP contribution in [-0.2, 0) is 16.6 Å². The molecule has 0 aromatic carbocycles. The summed E-state index contributed by atoms with van der Waals surface area (Å²) in [6, 6.07) is 3.22. The van der Waals surface area contributed by atoms with Crippen molar-refractivity contribution >= 4 is 33.1 Å². The van der Waals surface area contributed by atoms with Crippen LogP contribution >= 0.6 is 23.1 Å². The predicted octanol–water partition coefficient (Wildman–Crippen LogP) is 1.16. The van der Waals surface area contributed by atoms with Gasteiger partial charge in [0.1, 0.15) is 9.90 Å². The fourth-order valence-corrected chi connectivity index (χ4v) is 5.10. The third kappa shape index (κ3) is 3.89. The standard InChI is InChI=1S/C13H17N5O2S3/c1-21-13-16-15-12(22-13)10-17-5-7-18(8-6-17)23(19,20)11-3-2-4-14-9-11/h2-4,9H,5-8,10H2,1H3. The summed E-state index contributed by atoms with van der Waals surface area (Å²) in [5, 5.41) is 9.22. The van der Waals surface area contributed by atoms with E-state index in [0.29, 0.717) is 26.2 Å². The predicted molar refractivity (Wildman–Crippen MR) is 90.0 cm³/mol. The van der Waals surface area contributed by atoms with Gasteiger partial charge in [-0.3, -0.25) is 9.88 Å². The Balaban J connectivity index is 1.60. The van der Waals surface area contributed by atoms with E-state index in [9.17, 15) is 8.42 Å². The smallest absolute Gasteiger partial charge is 0.244 e. The van der Waals surface area contributed by atoms with Crippen LogP contribution in [0.2, 0.25) is 0 Å². The molecule has 2 aromatic rings. The maximum absolute atomic E-state index is 12.5. The van der Waals surface area contributed by atoms with E-state index in [1.165, 1.54) is 10.5 Å². The second kappa shape index (κ2) is 7.22. The Morgan fingerprint density at radius 2 is 2.04 bits per heavy atom. The number of hydrogen-bond acceptors (Lipinski definition) is 8. The molecule has 0 bridgehead atoms. The molecule has 0 amide bonds. The molecule has 0 N–H and O–H groups in total. The summed E-state index contributed by atoms with van der Waals surface area (Å²) >= 11 is 3.17. The molecule has 0 unspecified atom stereocenters. The van der Waals surface area contributed by atoms with E-state index in [2.05, 4.69) is 20.1 Å². The van der Waals surface area contributed by atoms with Gasteiger partial charge in [0.15, 0.2) is 4.34 Å². The molecular weight excluding hydrogens is 354 g/mol. The Kier molecular flexibility index (Phi) is 5.27. The van der Waals surface area contributed by atoms with Crippen molar-refractivity contribution < 1.29 is 8.42 Å². The molecule has 124 valence electrons. The third-order valence-electron chi connectivity index (χ3n) is 3.59. The van der Waals surface area contributed by atoms with Crippen LogP contribution in [0.25, 0.3) is 0 Å². The minimum absolute atomic E-state index is 0.252. The molecule has 2 aromatic heterocycles. The number of rotatable bonds is 5. The number of aromatic nitrogens is 3. The van der Waals surface area contributed by atoms with Crippen molar-refractivity contribution in [3.8, 4) is 0 Å². The number of thioether (sulfide) groups is 1. The van der Waals surface area contributed by atoms with E-state index < -0.39 is 10.0 Å². The van der Waals surface area contributed by atoms with Crippen LogP contribution in [0, 0.1) is 0 Å². The topological polar surface area (TPSA) is 79.3 Å². The van der Waals surface area contributed by atoms with Gasteiger partial charge in [0.05, 0.1) is 6.54 Å². The maximum Gasteiger partial charge on any atom is 0.244 e. The van der Waals surface area contributed by atoms with Gasteiger partial charge in [-0.15, -0.1) is 10.2 Å². The Bertz CT molecular complexity index is 742. The van der Waals surface area contributed by atoms with E-state index in [4.69, 9.17) is 0 Å². The highest BCUT2D eigenvalue weighted by molar-refractivity contribution is 8.00.